The second kappa shape index (κ2) is 6.17. The van der Waals surface area contributed by atoms with Crippen molar-refractivity contribution in [3.8, 4) is 0 Å². The number of hydrogen-bond donors (Lipinski definition) is 0. The lowest BCUT2D eigenvalue weighted by Gasteiger charge is -2.21. The summed E-state index contributed by atoms with van der Waals surface area (Å²) >= 11 is 1.74. The molecule has 3 rings (SSSR count). The average Bonchev–Trinajstić information content (AvgIpc) is 2.88. The number of aromatic nitrogens is 1. The van der Waals surface area contributed by atoms with Gasteiger partial charge in [0.25, 0.3) is 0 Å². The Labute approximate surface area is 118 Å². The minimum absolute atomic E-state index is 1.06. The van der Waals surface area contributed by atoms with Crippen molar-refractivity contribution >= 4 is 16.5 Å². The van der Waals surface area contributed by atoms with Crippen LogP contribution in [0.15, 0.2) is 41.9 Å². The summed E-state index contributed by atoms with van der Waals surface area (Å²) in [7, 11) is 0. The van der Waals surface area contributed by atoms with Gasteiger partial charge in [0.2, 0.25) is 0 Å². The zero-order valence-electron chi connectivity index (χ0n) is 11.0. The highest BCUT2D eigenvalue weighted by Crippen LogP contribution is 2.19. The highest BCUT2D eigenvalue weighted by Gasteiger charge is 2.16. The first-order chi connectivity index (χ1) is 9.42. The van der Waals surface area contributed by atoms with E-state index in [2.05, 4.69) is 50.5 Å². The molecule has 4 heteroatoms. The Bertz CT molecular complexity index is 483. The molecule has 3 nitrogen and oxygen atoms in total. The van der Waals surface area contributed by atoms with E-state index < -0.39 is 0 Å². The molecule has 0 spiro atoms. The van der Waals surface area contributed by atoms with E-state index in [9.17, 15) is 0 Å². The Morgan fingerprint density at radius 3 is 2.74 bits per heavy atom. The molecule has 0 N–H and O–H groups in total. The third-order valence-electron chi connectivity index (χ3n) is 3.53. The van der Waals surface area contributed by atoms with E-state index in [-0.39, 0.29) is 0 Å². The molecule has 0 atom stereocenters. The van der Waals surface area contributed by atoms with Crippen LogP contribution in [0.2, 0.25) is 0 Å². The monoisotopic (exact) mass is 273 g/mol. The minimum Gasteiger partial charge on any atom is -0.347 e. The zero-order chi connectivity index (χ0) is 12.9. The summed E-state index contributed by atoms with van der Waals surface area (Å²) < 4.78 is 0. The first-order valence-electron chi connectivity index (χ1n) is 6.82. The third kappa shape index (κ3) is 3.33. The van der Waals surface area contributed by atoms with E-state index in [4.69, 9.17) is 0 Å². The maximum atomic E-state index is 4.42. The van der Waals surface area contributed by atoms with Crippen LogP contribution in [0.3, 0.4) is 0 Å². The molecule has 1 aliphatic rings. The summed E-state index contributed by atoms with van der Waals surface area (Å²) in [6.07, 6.45) is 3.11. The van der Waals surface area contributed by atoms with Gasteiger partial charge in [-0.1, -0.05) is 30.3 Å². The molecule has 1 aliphatic heterocycles. The van der Waals surface area contributed by atoms with Crippen molar-refractivity contribution in [2.45, 2.75) is 13.0 Å². The lowest BCUT2D eigenvalue weighted by molar-refractivity contribution is 0.285. The van der Waals surface area contributed by atoms with Gasteiger partial charge >= 0.3 is 0 Å². The standard InChI is InChI=1S/C15H19N3S/c1-2-5-14(6-3-1)13-17-8-4-9-18(11-10-17)15-16-7-12-19-15/h1-3,5-7,12H,4,8-11,13H2. The number of rotatable bonds is 3. The van der Waals surface area contributed by atoms with Gasteiger partial charge in [-0.15, -0.1) is 11.3 Å². The molecular weight excluding hydrogens is 254 g/mol. The van der Waals surface area contributed by atoms with Crippen LogP contribution in [0.5, 0.6) is 0 Å². The lowest BCUT2D eigenvalue weighted by Crippen LogP contribution is -2.30. The Morgan fingerprint density at radius 2 is 1.95 bits per heavy atom. The predicted octanol–water partition coefficient (Wildman–Crippen LogP) is 2.86. The molecule has 2 heterocycles. The Balaban J connectivity index is 1.59. The first-order valence-corrected chi connectivity index (χ1v) is 7.70. The molecule has 0 unspecified atom stereocenters. The highest BCUT2D eigenvalue weighted by molar-refractivity contribution is 7.13. The van der Waals surface area contributed by atoms with Gasteiger partial charge in [0.05, 0.1) is 0 Å². The van der Waals surface area contributed by atoms with E-state index in [0.29, 0.717) is 0 Å². The average molecular weight is 273 g/mol. The van der Waals surface area contributed by atoms with Gasteiger partial charge in [0, 0.05) is 44.3 Å². The molecule has 0 aliphatic carbocycles. The van der Waals surface area contributed by atoms with Gasteiger partial charge in [-0.05, 0) is 12.0 Å². The van der Waals surface area contributed by atoms with Gasteiger partial charge in [-0.25, -0.2) is 4.98 Å². The maximum absolute atomic E-state index is 4.42. The van der Waals surface area contributed by atoms with Crippen LogP contribution in [-0.2, 0) is 6.54 Å². The van der Waals surface area contributed by atoms with Crippen molar-refractivity contribution in [3.05, 3.63) is 47.5 Å². The van der Waals surface area contributed by atoms with Crippen molar-refractivity contribution in [2.75, 3.05) is 31.1 Å². The quantitative estimate of drug-likeness (QED) is 0.857. The van der Waals surface area contributed by atoms with Crippen LogP contribution >= 0.6 is 11.3 Å². The molecule has 1 aromatic heterocycles. The normalized spacial score (nSPS) is 17.4. The summed E-state index contributed by atoms with van der Waals surface area (Å²) in [5.74, 6) is 0. The predicted molar refractivity (Wildman–Crippen MR) is 80.7 cm³/mol. The second-order valence-corrected chi connectivity index (χ2v) is 5.79. The molecule has 2 aromatic rings. The lowest BCUT2D eigenvalue weighted by atomic mass is 10.2. The molecule has 0 amide bonds. The Morgan fingerprint density at radius 1 is 1.05 bits per heavy atom. The zero-order valence-corrected chi connectivity index (χ0v) is 11.9. The van der Waals surface area contributed by atoms with Crippen LogP contribution in [0, 0.1) is 0 Å². The van der Waals surface area contributed by atoms with Gasteiger partial charge in [0.1, 0.15) is 0 Å². The molecule has 0 radical (unpaired) electrons. The molecule has 1 saturated heterocycles. The van der Waals surface area contributed by atoms with E-state index in [1.807, 2.05) is 6.20 Å². The van der Waals surface area contributed by atoms with Gasteiger partial charge < -0.3 is 4.90 Å². The molecule has 1 fully saturated rings. The second-order valence-electron chi connectivity index (χ2n) is 4.92. The summed E-state index contributed by atoms with van der Waals surface area (Å²) in [6, 6.07) is 10.7. The van der Waals surface area contributed by atoms with Crippen LogP contribution in [0.25, 0.3) is 0 Å². The van der Waals surface area contributed by atoms with E-state index in [0.717, 1.165) is 26.2 Å². The summed E-state index contributed by atoms with van der Waals surface area (Å²) in [5.41, 5.74) is 1.41. The van der Waals surface area contributed by atoms with Gasteiger partial charge in [-0.2, -0.15) is 0 Å². The Kier molecular flexibility index (Phi) is 4.10. The largest absolute Gasteiger partial charge is 0.347 e. The van der Waals surface area contributed by atoms with Crippen molar-refractivity contribution in [2.24, 2.45) is 0 Å². The van der Waals surface area contributed by atoms with Gasteiger partial charge in [0.15, 0.2) is 5.13 Å². The number of thiazole rings is 1. The molecule has 1 aromatic carbocycles. The van der Waals surface area contributed by atoms with Crippen LogP contribution < -0.4 is 4.90 Å². The van der Waals surface area contributed by atoms with E-state index in [1.165, 1.54) is 23.7 Å². The minimum atomic E-state index is 1.06. The van der Waals surface area contributed by atoms with Crippen molar-refractivity contribution in [3.63, 3.8) is 0 Å². The smallest absolute Gasteiger partial charge is 0.185 e. The maximum Gasteiger partial charge on any atom is 0.185 e. The van der Waals surface area contributed by atoms with Crippen molar-refractivity contribution in [1.29, 1.82) is 0 Å². The fourth-order valence-electron chi connectivity index (χ4n) is 2.53. The number of anilines is 1. The van der Waals surface area contributed by atoms with Crippen molar-refractivity contribution < 1.29 is 0 Å². The SMILES string of the molecule is c1ccc(CN2CCCN(c3nccs3)CC2)cc1. The number of hydrogen-bond acceptors (Lipinski definition) is 4. The van der Waals surface area contributed by atoms with E-state index in [1.54, 1.807) is 11.3 Å². The topological polar surface area (TPSA) is 19.4 Å². The van der Waals surface area contributed by atoms with Crippen molar-refractivity contribution in [1.82, 2.24) is 9.88 Å². The number of benzene rings is 1. The van der Waals surface area contributed by atoms with Gasteiger partial charge in [-0.3, -0.25) is 4.90 Å². The summed E-state index contributed by atoms with van der Waals surface area (Å²) in [5, 5.41) is 3.23. The fourth-order valence-corrected chi connectivity index (χ4v) is 3.23. The van der Waals surface area contributed by atoms with Crippen LogP contribution in [-0.4, -0.2) is 36.1 Å². The number of nitrogens with zero attached hydrogens (tertiary/aromatic N) is 3. The Hall–Kier alpha value is -1.39. The molecule has 0 saturated carbocycles. The van der Waals surface area contributed by atoms with Crippen LogP contribution in [0.4, 0.5) is 5.13 Å². The van der Waals surface area contributed by atoms with Crippen LogP contribution in [0.1, 0.15) is 12.0 Å². The molecule has 100 valence electrons. The third-order valence-corrected chi connectivity index (χ3v) is 4.36. The molecular formula is C15H19N3S. The highest BCUT2D eigenvalue weighted by atomic mass is 32.1. The summed E-state index contributed by atoms with van der Waals surface area (Å²) in [4.78, 5) is 9.37. The molecule has 0 bridgehead atoms. The van der Waals surface area contributed by atoms with E-state index >= 15 is 0 Å². The summed E-state index contributed by atoms with van der Waals surface area (Å²) in [6.45, 7) is 5.57. The first kappa shape index (κ1) is 12.6. The fraction of sp³-hybridized carbons (Fsp3) is 0.400. The molecule has 19 heavy (non-hydrogen) atoms.